The molecule has 0 aromatic carbocycles. The van der Waals surface area contributed by atoms with Gasteiger partial charge in [-0.2, -0.15) is 0 Å². The van der Waals surface area contributed by atoms with Crippen LogP contribution in [0.2, 0.25) is 0 Å². The van der Waals surface area contributed by atoms with Gasteiger partial charge in [-0.1, -0.05) is 11.6 Å². The van der Waals surface area contributed by atoms with Crippen molar-refractivity contribution in [2.45, 2.75) is 39.2 Å². The summed E-state index contributed by atoms with van der Waals surface area (Å²) in [7, 11) is 0. The van der Waals surface area contributed by atoms with Gasteiger partial charge in [-0.25, -0.2) is 9.78 Å². The molecule has 0 fully saturated rings. The Labute approximate surface area is 118 Å². The average Bonchev–Trinajstić information content (AvgIpc) is 2.80. The average molecular weight is 280 g/mol. The molecule has 5 heteroatoms. The van der Waals surface area contributed by atoms with Gasteiger partial charge in [0.25, 0.3) is 0 Å². The molecule has 0 aliphatic carbocycles. The van der Waals surface area contributed by atoms with Gasteiger partial charge in [-0.3, -0.25) is 0 Å². The first kappa shape index (κ1) is 14.1. The minimum Gasteiger partial charge on any atom is -0.444 e. The number of nitrogens with zero attached hydrogens (tertiary/aromatic N) is 2. The molecule has 1 aromatic rings. The molecule has 1 amide bonds. The third kappa shape index (κ3) is 4.35. The SMILES string of the molecule is CC(C)(C)OC(=O)N1CC=C(Cc2nccs2)CC1. The van der Waals surface area contributed by atoms with Crippen molar-refractivity contribution in [3.8, 4) is 0 Å². The fourth-order valence-corrected chi connectivity index (χ4v) is 2.57. The van der Waals surface area contributed by atoms with Gasteiger partial charge in [0.1, 0.15) is 5.60 Å². The van der Waals surface area contributed by atoms with Crippen molar-refractivity contribution in [3.05, 3.63) is 28.2 Å². The molecule has 0 N–H and O–H groups in total. The number of aromatic nitrogens is 1. The fourth-order valence-electron chi connectivity index (χ4n) is 1.90. The van der Waals surface area contributed by atoms with Crippen LogP contribution in [0.3, 0.4) is 0 Å². The Hall–Kier alpha value is -1.36. The Morgan fingerprint density at radius 3 is 2.84 bits per heavy atom. The van der Waals surface area contributed by atoms with Crippen LogP contribution in [0.15, 0.2) is 23.2 Å². The van der Waals surface area contributed by atoms with Gasteiger partial charge in [0.2, 0.25) is 0 Å². The summed E-state index contributed by atoms with van der Waals surface area (Å²) >= 11 is 1.67. The van der Waals surface area contributed by atoms with Crippen LogP contribution < -0.4 is 0 Å². The molecule has 0 saturated heterocycles. The van der Waals surface area contributed by atoms with Crippen LogP contribution in [0.1, 0.15) is 32.2 Å². The van der Waals surface area contributed by atoms with Gasteiger partial charge in [-0.05, 0) is 27.2 Å². The maximum atomic E-state index is 11.9. The molecule has 1 aliphatic rings. The molecule has 0 spiro atoms. The van der Waals surface area contributed by atoms with E-state index in [0.29, 0.717) is 6.54 Å². The molecule has 0 saturated carbocycles. The number of carbonyl (C=O) groups excluding carboxylic acids is 1. The summed E-state index contributed by atoms with van der Waals surface area (Å²) in [5, 5.41) is 3.13. The van der Waals surface area contributed by atoms with E-state index < -0.39 is 5.60 Å². The quantitative estimate of drug-likeness (QED) is 0.781. The van der Waals surface area contributed by atoms with E-state index in [1.54, 1.807) is 16.2 Å². The first-order chi connectivity index (χ1) is 8.94. The second-order valence-electron chi connectivity index (χ2n) is 5.64. The number of carbonyl (C=O) groups is 1. The highest BCUT2D eigenvalue weighted by molar-refractivity contribution is 7.09. The predicted octanol–water partition coefficient (Wildman–Crippen LogP) is 3.25. The van der Waals surface area contributed by atoms with Crippen molar-refractivity contribution >= 4 is 17.4 Å². The van der Waals surface area contributed by atoms with Crippen LogP contribution in [0.25, 0.3) is 0 Å². The molecule has 0 bridgehead atoms. The lowest BCUT2D eigenvalue weighted by Gasteiger charge is -2.29. The largest absolute Gasteiger partial charge is 0.444 e. The van der Waals surface area contributed by atoms with E-state index in [0.717, 1.165) is 24.4 Å². The first-order valence-corrected chi connectivity index (χ1v) is 7.36. The zero-order chi connectivity index (χ0) is 13.9. The third-order valence-electron chi connectivity index (χ3n) is 2.82. The standard InChI is InChI=1S/C14H20N2O2S/c1-14(2,3)18-13(17)16-7-4-11(5-8-16)10-12-15-6-9-19-12/h4,6,9H,5,7-8,10H2,1-3H3. The third-order valence-corrected chi connectivity index (χ3v) is 3.60. The highest BCUT2D eigenvalue weighted by atomic mass is 32.1. The Bertz CT molecular complexity index is 460. The minimum atomic E-state index is -0.429. The van der Waals surface area contributed by atoms with E-state index in [2.05, 4.69) is 11.1 Å². The Balaban J connectivity index is 1.87. The summed E-state index contributed by atoms with van der Waals surface area (Å²) in [6, 6.07) is 0. The number of rotatable bonds is 2. The predicted molar refractivity (Wildman–Crippen MR) is 76.3 cm³/mol. The normalized spacial score (nSPS) is 16.2. The second-order valence-corrected chi connectivity index (χ2v) is 6.62. The van der Waals surface area contributed by atoms with Crippen molar-refractivity contribution in [3.63, 3.8) is 0 Å². The smallest absolute Gasteiger partial charge is 0.410 e. The van der Waals surface area contributed by atoms with Gasteiger partial charge < -0.3 is 9.64 Å². The van der Waals surface area contributed by atoms with E-state index in [1.165, 1.54) is 5.57 Å². The Kier molecular flexibility index (Phi) is 4.24. The lowest BCUT2D eigenvalue weighted by Crippen LogP contribution is -2.39. The molecule has 1 aliphatic heterocycles. The number of thiazole rings is 1. The minimum absolute atomic E-state index is 0.225. The Morgan fingerprint density at radius 2 is 2.32 bits per heavy atom. The molecular weight excluding hydrogens is 260 g/mol. The van der Waals surface area contributed by atoms with Gasteiger partial charge >= 0.3 is 6.09 Å². The molecule has 4 nitrogen and oxygen atoms in total. The molecule has 0 unspecified atom stereocenters. The molecule has 0 radical (unpaired) electrons. The van der Waals surface area contributed by atoms with Crippen LogP contribution in [0.5, 0.6) is 0 Å². The topological polar surface area (TPSA) is 42.4 Å². The monoisotopic (exact) mass is 280 g/mol. The molecule has 2 rings (SSSR count). The van der Waals surface area contributed by atoms with E-state index in [4.69, 9.17) is 4.74 Å². The van der Waals surface area contributed by atoms with Gasteiger partial charge in [0.05, 0.1) is 5.01 Å². The molecule has 2 heterocycles. The molecule has 104 valence electrons. The summed E-state index contributed by atoms with van der Waals surface area (Å²) in [4.78, 5) is 17.9. The summed E-state index contributed by atoms with van der Waals surface area (Å²) in [5.74, 6) is 0. The molecule has 1 aromatic heterocycles. The van der Waals surface area contributed by atoms with Crippen molar-refractivity contribution in [1.82, 2.24) is 9.88 Å². The zero-order valence-corrected chi connectivity index (χ0v) is 12.5. The molecular formula is C14H20N2O2S. The Morgan fingerprint density at radius 1 is 1.53 bits per heavy atom. The van der Waals surface area contributed by atoms with E-state index in [9.17, 15) is 4.79 Å². The zero-order valence-electron chi connectivity index (χ0n) is 11.7. The van der Waals surface area contributed by atoms with E-state index >= 15 is 0 Å². The number of amides is 1. The van der Waals surface area contributed by atoms with Gasteiger partial charge in [0.15, 0.2) is 0 Å². The summed E-state index contributed by atoms with van der Waals surface area (Å²) in [6.07, 6.45) is 5.53. The lowest BCUT2D eigenvalue weighted by molar-refractivity contribution is 0.0265. The number of ether oxygens (including phenoxy) is 1. The second kappa shape index (κ2) is 5.74. The highest BCUT2D eigenvalue weighted by Gasteiger charge is 2.23. The van der Waals surface area contributed by atoms with Crippen LogP contribution in [0.4, 0.5) is 4.79 Å². The van der Waals surface area contributed by atoms with E-state index in [1.807, 2.05) is 32.3 Å². The first-order valence-electron chi connectivity index (χ1n) is 6.48. The summed E-state index contributed by atoms with van der Waals surface area (Å²) < 4.78 is 5.37. The highest BCUT2D eigenvalue weighted by Crippen LogP contribution is 2.19. The molecule has 19 heavy (non-hydrogen) atoms. The summed E-state index contributed by atoms with van der Waals surface area (Å²) in [6.45, 7) is 7.03. The van der Waals surface area contributed by atoms with Crippen LogP contribution >= 0.6 is 11.3 Å². The van der Waals surface area contributed by atoms with Crippen molar-refractivity contribution in [1.29, 1.82) is 0 Å². The van der Waals surface area contributed by atoms with Crippen molar-refractivity contribution < 1.29 is 9.53 Å². The lowest BCUT2D eigenvalue weighted by atomic mass is 10.1. The van der Waals surface area contributed by atoms with Gasteiger partial charge in [0, 0.05) is 31.1 Å². The van der Waals surface area contributed by atoms with Crippen molar-refractivity contribution in [2.75, 3.05) is 13.1 Å². The van der Waals surface area contributed by atoms with Gasteiger partial charge in [-0.15, -0.1) is 11.3 Å². The number of hydrogen-bond donors (Lipinski definition) is 0. The molecule has 0 atom stereocenters. The maximum Gasteiger partial charge on any atom is 0.410 e. The van der Waals surface area contributed by atoms with Crippen LogP contribution in [0, 0.1) is 0 Å². The van der Waals surface area contributed by atoms with E-state index in [-0.39, 0.29) is 6.09 Å². The van der Waals surface area contributed by atoms with Crippen LogP contribution in [-0.2, 0) is 11.2 Å². The maximum absolute atomic E-state index is 11.9. The summed E-state index contributed by atoms with van der Waals surface area (Å²) in [5.41, 5.74) is 0.928. The fraction of sp³-hybridized carbons (Fsp3) is 0.571. The van der Waals surface area contributed by atoms with Crippen molar-refractivity contribution in [2.24, 2.45) is 0 Å². The van der Waals surface area contributed by atoms with Crippen LogP contribution in [-0.4, -0.2) is 34.7 Å². The number of hydrogen-bond acceptors (Lipinski definition) is 4.